The number of aliphatic carboxylic acids is 1. The maximum atomic E-state index is 12.8. The van der Waals surface area contributed by atoms with Crippen LogP contribution in [0.15, 0.2) is 48.5 Å². The number of hydrogen-bond acceptors (Lipinski definition) is 5. The molecular formula is C27H34N2O6. The van der Waals surface area contributed by atoms with Gasteiger partial charge in [-0.25, -0.2) is 9.59 Å². The summed E-state index contributed by atoms with van der Waals surface area (Å²) in [6.45, 7) is 2.51. The van der Waals surface area contributed by atoms with E-state index in [4.69, 9.17) is 9.47 Å². The van der Waals surface area contributed by atoms with Crippen molar-refractivity contribution in [2.75, 3.05) is 20.3 Å². The molecule has 2 atom stereocenters. The summed E-state index contributed by atoms with van der Waals surface area (Å²) in [5, 5.41) is 14.7. The van der Waals surface area contributed by atoms with Crippen LogP contribution in [0.1, 0.15) is 56.1 Å². The van der Waals surface area contributed by atoms with Gasteiger partial charge in [-0.3, -0.25) is 4.79 Å². The number of benzene rings is 2. The average molecular weight is 483 g/mol. The molecule has 0 spiro atoms. The van der Waals surface area contributed by atoms with Gasteiger partial charge in [-0.15, -0.1) is 0 Å². The molecule has 0 aromatic heterocycles. The zero-order chi connectivity index (χ0) is 25.2. The van der Waals surface area contributed by atoms with Gasteiger partial charge in [0.05, 0.1) is 0 Å². The Morgan fingerprint density at radius 1 is 0.914 bits per heavy atom. The molecule has 1 aliphatic rings. The lowest BCUT2D eigenvalue weighted by Gasteiger charge is -2.22. The van der Waals surface area contributed by atoms with E-state index in [1.54, 1.807) is 0 Å². The average Bonchev–Trinajstić information content (AvgIpc) is 3.18. The van der Waals surface area contributed by atoms with Gasteiger partial charge in [0.15, 0.2) is 0 Å². The Labute approximate surface area is 206 Å². The van der Waals surface area contributed by atoms with Crippen LogP contribution in [0.25, 0.3) is 11.1 Å². The van der Waals surface area contributed by atoms with Crippen LogP contribution in [0, 0.1) is 0 Å². The van der Waals surface area contributed by atoms with Crippen molar-refractivity contribution in [2.45, 2.75) is 57.0 Å². The number of nitrogens with one attached hydrogen (secondary N) is 2. The van der Waals surface area contributed by atoms with E-state index in [9.17, 15) is 19.5 Å². The Bertz CT molecular complexity index is 979. The fourth-order valence-corrected chi connectivity index (χ4v) is 4.42. The largest absolute Gasteiger partial charge is 0.480 e. The highest BCUT2D eigenvalue weighted by atomic mass is 16.5. The Morgan fingerprint density at radius 3 is 2.09 bits per heavy atom. The minimum absolute atomic E-state index is 0.0896. The molecule has 0 bridgehead atoms. The van der Waals surface area contributed by atoms with Crippen molar-refractivity contribution in [2.24, 2.45) is 0 Å². The highest BCUT2D eigenvalue weighted by Gasteiger charge is 2.30. The first-order chi connectivity index (χ1) is 17.0. The Kier molecular flexibility index (Phi) is 9.66. The van der Waals surface area contributed by atoms with E-state index in [1.807, 2.05) is 43.3 Å². The molecule has 0 heterocycles. The van der Waals surface area contributed by atoms with Crippen molar-refractivity contribution < 1.29 is 29.0 Å². The summed E-state index contributed by atoms with van der Waals surface area (Å²) in [6.07, 6.45) is 1.94. The molecule has 188 valence electrons. The number of methoxy groups -OCH3 is 1. The van der Waals surface area contributed by atoms with Crippen molar-refractivity contribution in [3.05, 3.63) is 59.7 Å². The van der Waals surface area contributed by atoms with Gasteiger partial charge in [0.1, 0.15) is 18.7 Å². The molecule has 3 rings (SSSR count). The van der Waals surface area contributed by atoms with E-state index in [0.29, 0.717) is 25.9 Å². The summed E-state index contributed by atoms with van der Waals surface area (Å²) in [6, 6.07) is 14.2. The molecule has 0 fully saturated rings. The number of carbonyl (C=O) groups is 3. The van der Waals surface area contributed by atoms with Crippen LogP contribution < -0.4 is 10.6 Å². The van der Waals surface area contributed by atoms with E-state index in [2.05, 4.69) is 22.8 Å². The van der Waals surface area contributed by atoms with Crippen LogP contribution in [-0.4, -0.2) is 55.5 Å². The summed E-state index contributed by atoms with van der Waals surface area (Å²) >= 11 is 0. The van der Waals surface area contributed by atoms with Crippen LogP contribution in [0.3, 0.4) is 0 Å². The van der Waals surface area contributed by atoms with Gasteiger partial charge in [-0.2, -0.15) is 0 Å². The zero-order valence-electron chi connectivity index (χ0n) is 20.3. The van der Waals surface area contributed by atoms with Crippen LogP contribution in [0.5, 0.6) is 0 Å². The molecule has 0 aliphatic heterocycles. The van der Waals surface area contributed by atoms with E-state index >= 15 is 0 Å². The number of alkyl carbamates (subject to hydrolysis) is 1. The van der Waals surface area contributed by atoms with Crippen molar-refractivity contribution >= 4 is 18.0 Å². The smallest absolute Gasteiger partial charge is 0.407 e. The summed E-state index contributed by atoms with van der Waals surface area (Å²) in [5.74, 6) is -1.74. The maximum Gasteiger partial charge on any atom is 0.407 e. The molecule has 3 N–H and O–H groups in total. The van der Waals surface area contributed by atoms with E-state index in [1.165, 1.54) is 7.11 Å². The number of rotatable bonds is 13. The normalized spacial score (nSPS) is 13.9. The summed E-state index contributed by atoms with van der Waals surface area (Å²) in [7, 11) is 1.54. The minimum Gasteiger partial charge on any atom is -0.480 e. The fourth-order valence-electron chi connectivity index (χ4n) is 4.42. The number of amides is 2. The first kappa shape index (κ1) is 26.2. The third-order valence-corrected chi connectivity index (χ3v) is 6.25. The minimum atomic E-state index is -1.12. The molecule has 0 saturated carbocycles. The molecule has 2 aromatic rings. The van der Waals surface area contributed by atoms with Crippen LogP contribution >= 0.6 is 0 Å². The van der Waals surface area contributed by atoms with Gasteiger partial charge in [0, 0.05) is 19.6 Å². The number of unbranched alkanes of at least 4 members (excludes halogenated alkanes) is 1. The standard InChI is InChI=1S/C27H34N2O6/c1-3-4-14-23(25(30)28-24(26(31)32)15-9-16-34-2)29-27(33)35-17-22-20-12-7-5-10-18(20)19-11-6-8-13-21(19)22/h5-8,10-13,22-24H,3-4,9,14-17H2,1-2H3,(H,28,30)(H,29,33)(H,31,32). The first-order valence-electron chi connectivity index (χ1n) is 12.1. The molecule has 35 heavy (non-hydrogen) atoms. The third kappa shape index (κ3) is 6.82. The SMILES string of the molecule is CCCCC(NC(=O)OCC1c2ccccc2-c2ccccc21)C(=O)NC(CCCOC)C(=O)O. The zero-order valence-corrected chi connectivity index (χ0v) is 20.3. The van der Waals surface area contributed by atoms with Gasteiger partial charge >= 0.3 is 12.1 Å². The number of fused-ring (bicyclic) bond motifs is 3. The van der Waals surface area contributed by atoms with Gasteiger partial charge in [0.25, 0.3) is 0 Å². The van der Waals surface area contributed by atoms with Gasteiger partial charge in [-0.05, 0) is 41.5 Å². The Morgan fingerprint density at radius 2 is 1.51 bits per heavy atom. The number of carbonyl (C=O) groups excluding carboxylic acids is 2. The molecule has 2 amide bonds. The van der Waals surface area contributed by atoms with Gasteiger partial charge in [-0.1, -0.05) is 68.3 Å². The molecular weight excluding hydrogens is 448 g/mol. The van der Waals surface area contributed by atoms with Crippen molar-refractivity contribution in [1.82, 2.24) is 10.6 Å². The number of carboxylic acid groups (broad SMARTS) is 1. The Balaban J connectivity index is 1.62. The highest BCUT2D eigenvalue weighted by molar-refractivity contribution is 5.89. The molecule has 1 aliphatic carbocycles. The van der Waals surface area contributed by atoms with Crippen LogP contribution in [0.4, 0.5) is 4.79 Å². The molecule has 2 unspecified atom stereocenters. The topological polar surface area (TPSA) is 114 Å². The second-order valence-corrected chi connectivity index (χ2v) is 8.70. The van der Waals surface area contributed by atoms with Gasteiger partial charge < -0.3 is 25.2 Å². The number of carboxylic acids is 1. The van der Waals surface area contributed by atoms with E-state index in [-0.39, 0.29) is 18.9 Å². The predicted octanol–water partition coefficient (Wildman–Crippen LogP) is 4.08. The molecule has 8 heteroatoms. The van der Waals surface area contributed by atoms with Crippen LogP contribution in [-0.2, 0) is 19.1 Å². The third-order valence-electron chi connectivity index (χ3n) is 6.25. The van der Waals surface area contributed by atoms with Gasteiger partial charge in [0.2, 0.25) is 5.91 Å². The first-order valence-corrected chi connectivity index (χ1v) is 12.1. The van der Waals surface area contributed by atoms with Crippen LogP contribution in [0.2, 0.25) is 0 Å². The van der Waals surface area contributed by atoms with Crippen molar-refractivity contribution in [3.63, 3.8) is 0 Å². The summed E-state index contributed by atoms with van der Waals surface area (Å²) in [5.41, 5.74) is 4.46. The predicted molar refractivity (Wildman–Crippen MR) is 132 cm³/mol. The van der Waals surface area contributed by atoms with E-state index < -0.39 is 30.1 Å². The second-order valence-electron chi connectivity index (χ2n) is 8.70. The maximum absolute atomic E-state index is 12.8. The summed E-state index contributed by atoms with van der Waals surface area (Å²) < 4.78 is 10.5. The number of hydrogen-bond donors (Lipinski definition) is 3. The van der Waals surface area contributed by atoms with E-state index in [0.717, 1.165) is 28.7 Å². The molecule has 2 aromatic carbocycles. The summed E-state index contributed by atoms with van der Waals surface area (Å²) in [4.78, 5) is 37.1. The lowest BCUT2D eigenvalue weighted by molar-refractivity contribution is -0.142. The Hall–Kier alpha value is -3.39. The lowest BCUT2D eigenvalue weighted by atomic mass is 9.98. The van der Waals surface area contributed by atoms with Crippen molar-refractivity contribution in [1.29, 1.82) is 0 Å². The second kappa shape index (κ2) is 12.9. The lowest BCUT2D eigenvalue weighted by Crippen LogP contribution is -2.51. The quantitative estimate of drug-likeness (QED) is 0.371. The molecule has 8 nitrogen and oxygen atoms in total. The highest BCUT2D eigenvalue weighted by Crippen LogP contribution is 2.44. The monoisotopic (exact) mass is 482 g/mol. The molecule has 0 radical (unpaired) electrons. The number of ether oxygens (including phenoxy) is 2. The fraction of sp³-hybridized carbons (Fsp3) is 0.444. The van der Waals surface area contributed by atoms with Crippen molar-refractivity contribution in [3.8, 4) is 11.1 Å². The molecule has 0 saturated heterocycles.